The van der Waals surface area contributed by atoms with Crippen molar-refractivity contribution in [3.05, 3.63) is 29.6 Å². The third-order valence-electron chi connectivity index (χ3n) is 11.0. The summed E-state index contributed by atoms with van der Waals surface area (Å²) in [5, 5.41) is 8.21. The Bertz CT molecular complexity index is 1450. The van der Waals surface area contributed by atoms with Crippen molar-refractivity contribution in [2.24, 2.45) is 17.8 Å². The van der Waals surface area contributed by atoms with Gasteiger partial charge in [-0.25, -0.2) is 13.6 Å². The highest BCUT2D eigenvalue weighted by Crippen LogP contribution is 2.51. The normalized spacial score (nSPS) is 23.8. The summed E-state index contributed by atoms with van der Waals surface area (Å²) in [5.74, 6) is -3.18. The summed E-state index contributed by atoms with van der Waals surface area (Å²) in [6, 6.07) is 1.43. The molecule has 6 rings (SSSR count). The van der Waals surface area contributed by atoms with E-state index in [1.165, 1.54) is 24.1 Å². The van der Waals surface area contributed by atoms with Crippen molar-refractivity contribution in [3.63, 3.8) is 0 Å². The van der Waals surface area contributed by atoms with Gasteiger partial charge < -0.3 is 30.5 Å². The van der Waals surface area contributed by atoms with E-state index in [1.807, 2.05) is 7.05 Å². The number of amides is 5. The van der Waals surface area contributed by atoms with Crippen LogP contribution in [0.2, 0.25) is 0 Å². The summed E-state index contributed by atoms with van der Waals surface area (Å²) in [7, 11) is 3.22. The Morgan fingerprint density at radius 3 is 2.14 bits per heavy atom. The first-order chi connectivity index (χ1) is 23.4. The van der Waals surface area contributed by atoms with Gasteiger partial charge in [0.15, 0.2) is 5.67 Å². The first-order valence-corrected chi connectivity index (χ1v) is 17.6. The van der Waals surface area contributed by atoms with Crippen molar-refractivity contribution in [2.75, 3.05) is 52.2 Å². The molecule has 0 bridgehead atoms. The fraction of sp³-hybridized carbons (Fsp3) is 0.686. The number of hydrogen-bond acceptors (Lipinski definition) is 7. The third-order valence-corrected chi connectivity index (χ3v) is 11.0. The molecule has 0 radical (unpaired) electrons. The Balaban J connectivity index is 1.20. The minimum Gasteiger partial charge on any atom is -0.453 e. The van der Waals surface area contributed by atoms with E-state index in [4.69, 9.17) is 4.74 Å². The van der Waals surface area contributed by atoms with Crippen molar-refractivity contribution in [1.82, 2.24) is 25.3 Å². The summed E-state index contributed by atoms with van der Waals surface area (Å²) in [4.78, 5) is 71.3. The van der Waals surface area contributed by atoms with Gasteiger partial charge in [0.2, 0.25) is 17.7 Å². The van der Waals surface area contributed by atoms with Gasteiger partial charge in [-0.2, -0.15) is 0 Å². The van der Waals surface area contributed by atoms with Crippen LogP contribution in [0, 0.1) is 23.6 Å². The van der Waals surface area contributed by atoms with Crippen LogP contribution in [0.5, 0.6) is 0 Å². The summed E-state index contributed by atoms with van der Waals surface area (Å²) < 4.78 is 35.3. The van der Waals surface area contributed by atoms with Crippen molar-refractivity contribution in [1.29, 1.82) is 0 Å². The Labute approximate surface area is 285 Å². The largest absolute Gasteiger partial charge is 0.453 e. The Hall–Kier alpha value is -3.81. The summed E-state index contributed by atoms with van der Waals surface area (Å²) in [6.07, 6.45) is 4.42. The minimum absolute atomic E-state index is 0.0995. The van der Waals surface area contributed by atoms with Gasteiger partial charge in [0, 0.05) is 38.6 Å². The lowest BCUT2D eigenvalue weighted by atomic mass is 9.88. The van der Waals surface area contributed by atoms with Gasteiger partial charge in [-0.05, 0) is 93.9 Å². The van der Waals surface area contributed by atoms with Crippen LogP contribution in [-0.4, -0.2) is 115 Å². The van der Waals surface area contributed by atoms with Gasteiger partial charge >= 0.3 is 6.09 Å². The lowest BCUT2D eigenvalue weighted by Gasteiger charge is -2.37. The number of nitrogens with one attached hydrogen (secondary N) is 3. The zero-order valence-corrected chi connectivity index (χ0v) is 28.5. The molecule has 5 fully saturated rings. The molecule has 14 heteroatoms. The molecule has 3 saturated carbocycles. The number of rotatable bonds is 12. The number of piperazine rings is 1. The van der Waals surface area contributed by atoms with Crippen LogP contribution < -0.4 is 16.0 Å². The first kappa shape index (κ1) is 35.0. The molecule has 3 aliphatic carbocycles. The summed E-state index contributed by atoms with van der Waals surface area (Å²) in [6.45, 7) is 4.35. The molecule has 2 heterocycles. The van der Waals surface area contributed by atoms with Gasteiger partial charge in [-0.3, -0.25) is 24.1 Å². The highest BCUT2D eigenvalue weighted by atomic mass is 19.1. The second kappa shape index (κ2) is 14.2. The number of likely N-dealkylation sites (N-methyl/N-ethyl adjacent to an activating group) is 1. The van der Waals surface area contributed by atoms with E-state index in [1.54, 1.807) is 17.9 Å². The van der Waals surface area contributed by atoms with Crippen LogP contribution in [0.15, 0.2) is 18.2 Å². The predicted octanol–water partition coefficient (Wildman–Crippen LogP) is 2.78. The van der Waals surface area contributed by atoms with Crippen LogP contribution in [0.4, 0.5) is 19.3 Å². The molecule has 12 nitrogen and oxygen atoms in total. The summed E-state index contributed by atoms with van der Waals surface area (Å²) in [5.41, 5.74) is -1.62. The van der Waals surface area contributed by atoms with E-state index in [-0.39, 0.29) is 42.2 Å². The number of benzene rings is 1. The Morgan fingerprint density at radius 2 is 1.57 bits per heavy atom. The molecule has 2 saturated heterocycles. The van der Waals surface area contributed by atoms with Gasteiger partial charge in [-0.15, -0.1) is 0 Å². The zero-order chi connectivity index (χ0) is 35.0. The van der Waals surface area contributed by atoms with Crippen LogP contribution in [-0.2, 0) is 23.9 Å². The molecule has 3 N–H and O–H groups in total. The highest BCUT2D eigenvalue weighted by molar-refractivity contribution is 5.99. The molecule has 0 aromatic heterocycles. The zero-order valence-electron chi connectivity index (χ0n) is 28.5. The number of carbonyl (C=O) groups excluding carboxylic acids is 5. The van der Waals surface area contributed by atoms with Crippen LogP contribution in [0.3, 0.4) is 0 Å². The number of nitrogens with zero attached hydrogens (tertiary/aromatic N) is 3. The number of hydrogen-bond donors (Lipinski definition) is 3. The van der Waals surface area contributed by atoms with E-state index >= 15 is 4.39 Å². The van der Waals surface area contributed by atoms with Gasteiger partial charge in [0.05, 0.1) is 12.8 Å². The fourth-order valence-electron chi connectivity index (χ4n) is 7.40. The Morgan fingerprint density at radius 1 is 0.918 bits per heavy atom. The average Bonchev–Trinajstić information content (AvgIpc) is 4.02. The first-order valence-electron chi connectivity index (χ1n) is 17.6. The second-order valence-electron chi connectivity index (χ2n) is 14.6. The van der Waals surface area contributed by atoms with Crippen LogP contribution in [0.1, 0.15) is 69.8 Å². The van der Waals surface area contributed by atoms with E-state index in [9.17, 15) is 28.4 Å². The van der Waals surface area contributed by atoms with E-state index in [2.05, 4.69) is 20.9 Å². The number of carbonyl (C=O) groups is 5. The quantitative estimate of drug-likeness (QED) is 0.307. The Kier molecular flexibility index (Phi) is 10.2. The smallest absolute Gasteiger partial charge is 0.410 e. The molecule has 0 unspecified atom stereocenters. The average molecular weight is 687 g/mol. The summed E-state index contributed by atoms with van der Waals surface area (Å²) >= 11 is 0. The van der Waals surface area contributed by atoms with Gasteiger partial charge in [-0.1, -0.05) is 13.0 Å². The number of methoxy groups -OCH3 is 1. The van der Waals surface area contributed by atoms with Crippen molar-refractivity contribution in [2.45, 2.75) is 88.0 Å². The monoisotopic (exact) mass is 686 g/mol. The number of alkyl halides is 1. The molecule has 5 amide bonds. The number of likely N-dealkylation sites (tertiary alicyclic amines) is 1. The topological polar surface area (TPSA) is 140 Å². The molecule has 1 aromatic carbocycles. The molecule has 0 spiro atoms. The maximum absolute atomic E-state index is 15.8. The number of anilines is 1. The molecule has 49 heavy (non-hydrogen) atoms. The molecular weight excluding hydrogens is 638 g/mol. The lowest BCUT2D eigenvalue weighted by molar-refractivity contribution is -0.139. The SMILES string of the molecule is COC(=O)N1CCC[C@H]1C(=O)N[C@@H](C(=O)N1CCN(C)CC1)[C@@H](C)c1ccc(NC(=O)[C@@H](NC(=O)C2(F)CC2)C(C2CC2)C2CC2)c(F)c1. The van der Waals surface area contributed by atoms with E-state index in [0.29, 0.717) is 51.1 Å². The van der Waals surface area contributed by atoms with Crippen LogP contribution >= 0.6 is 0 Å². The van der Waals surface area contributed by atoms with Crippen molar-refractivity contribution < 1.29 is 37.5 Å². The second-order valence-corrected chi connectivity index (χ2v) is 14.6. The highest BCUT2D eigenvalue weighted by Gasteiger charge is 2.54. The maximum atomic E-state index is 15.8. The third kappa shape index (κ3) is 7.84. The minimum atomic E-state index is -1.94. The molecule has 5 aliphatic rings. The van der Waals surface area contributed by atoms with Gasteiger partial charge in [0.25, 0.3) is 5.91 Å². The molecule has 1 aromatic rings. The number of halogens is 2. The maximum Gasteiger partial charge on any atom is 0.410 e. The van der Waals surface area contributed by atoms with E-state index < -0.39 is 59.3 Å². The van der Waals surface area contributed by atoms with Crippen molar-refractivity contribution in [3.8, 4) is 0 Å². The predicted molar refractivity (Wildman–Crippen MR) is 176 cm³/mol. The number of ether oxygens (including phenoxy) is 1. The fourth-order valence-corrected chi connectivity index (χ4v) is 7.40. The van der Waals surface area contributed by atoms with E-state index in [0.717, 1.165) is 25.7 Å². The molecule has 2 aliphatic heterocycles. The van der Waals surface area contributed by atoms with Gasteiger partial charge in [0.1, 0.15) is 23.9 Å². The van der Waals surface area contributed by atoms with Crippen molar-refractivity contribution >= 4 is 35.4 Å². The molecular formula is C35H48F2N6O6. The molecule has 268 valence electrons. The molecule has 4 atom stereocenters. The lowest BCUT2D eigenvalue weighted by Crippen LogP contribution is -2.58. The van der Waals surface area contributed by atoms with Crippen LogP contribution in [0.25, 0.3) is 0 Å². The standard InChI is InChI=1S/C35H48F2N6O6/c1-20(28(32(46)42-17-15-41(2)16-18-42)39-30(44)26-5-4-14-43(26)34(48)49-3)23-10-11-25(24(36)19-23)38-31(45)29(40-33(47)35(37)12-13-35)27(21-6-7-21)22-8-9-22/h10-11,19-22,26-29H,4-9,12-18H2,1-3H3,(H,38,45)(H,39,44)(H,40,47)/t20-,26-,28+,29-/m0/s1.